The second kappa shape index (κ2) is 6.87. The molecule has 0 saturated heterocycles. The lowest BCUT2D eigenvalue weighted by molar-refractivity contribution is -0.116. The average molecular weight is 309 g/mol. The predicted octanol–water partition coefficient (Wildman–Crippen LogP) is 1.25. The van der Waals surface area contributed by atoms with E-state index in [-0.39, 0.29) is 16.9 Å². The summed E-state index contributed by atoms with van der Waals surface area (Å²) in [6, 6.07) is 7.94. The third kappa shape index (κ3) is 4.41. The van der Waals surface area contributed by atoms with Crippen LogP contribution in [-0.4, -0.2) is 32.1 Å². The number of aliphatic hydroxyl groups excluding tert-OH is 1. The van der Waals surface area contributed by atoms with E-state index in [2.05, 4.69) is 5.32 Å². The smallest absolute Gasteiger partial charge is 0.244 e. The minimum Gasteiger partial charge on any atom is -0.393 e. The molecule has 0 aromatic heterocycles. The van der Waals surface area contributed by atoms with Crippen LogP contribution in [-0.2, 0) is 14.6 Å². The summed E-state index contributed by atoms with van der Waals surface area (Å²) in [5.74, 6) is -0.401. The molecule has 0 heterocycles. The van der Waals surface area contributed by atoms with Crippen molar-refractivity contribution in [3.05, 3.63) is 41.8 Å². The number of aliphatic hydroxyl groups is 1. The van der Waals surface area contributed by atoms with Crippen LogP contribution in [0.15, 0.2) is 46.7 Å². The number of hydrogen-bond donors (Lipinski definition) is 2. The third-order valence-electron chi connectivity index (χ3n) is 3.63. The SMILES string of the molecule is O=C(C=CS(=O)(=O)c1ccccc1)NCC1CCCC1O. The van der Waals surface area contributed by atoms with E-state index in [1.165, 1.54) is 12.1 Å². The maximum Gasteiger partial charge on any atom is 0.244 e. The van der Waals surface area contributed by atoms with E-state index < -0.39 is 15.7 Å². The fourth-order valence-corrected chi connectivity index (χ4v) is 3.38. The highest BCUT2D eigenvalue weighted by Gasteiger charge is 2.25. The monoisotopic (exact) mass is 309 g/mol. The van der Waals surface area contributed by atoms with E-state index in [4.69, 9.17) is 0 Å². The molecule has 21 heavy (non-hydrogen) atoms. The van der Waals surface area contributed by atoms with Crippen molar-refractivity contribution in [1.29, 1.82) is 0 Å². The summed E-state index contributed by atoms with van der Waals surface area (Å²) in [5.41, 5.74) is 0. The van der Waals surface area contributed by atoms with Crippen LogP contribution in [0.3, 0.4) is 0 Å². The molecule has 2 N–H and O–H groups in total. The molecular formula is C15H19NO4S. The number of benzene rings is 1. The molecule has 1 amide bonds. The fourth-order valence-electron chi connectivity index (χ4n) is 2.39. The summed E-state index contributed by atoms with van der Waals surface area (Å²) >= 11 is 0. The van der Waals surface area contributed by atoms with Gasteiger partial charge in [0.15, 0.2) is 9.84 Å². The van der Waals surface area contributed by atoms with E-state index in [0.29, 0.717) is 6.54 Å². The molecule has 5 nitrogen and oxygen atoms in total. The van der Waals surface area contributed by atoms with E-state index >= 15 is 0 Å². The molecule has 2 atom stereocenters. The molecular weight excluding hydrogens is 290 g/mol. The van der Waals surface area contributed by atoms with Gasteiger partial charge in [-0.25, -0.2) is 8.42 Å². The summed E-state index contributed by atoms with van der Waals surface area (Å²) < 4.78 is 23.9. The summed E-state index contributed by atoms with van der Waals surface area (Å²) in [4.78, 5) is 11.8. The second-order valence-corrected chi connectivity index (χ2v) is 7.00. The van der Waals surface area contributed by atoms with Crippen molar-refractivity contribution in [2.45, 2.75) is 30.3 Å². The van der Waals surface area contributed by atoms with Gasteiger partial charge in [-0.3, -0.25) is 4.79 Å². The minimum absolute atomic E-state index is 0.0630. The maximum absolute atomic E-state index is 11.9. The van der Waals surface area contributed by atoms with Gasteiger partial charge in [-0.05, 0) is 25.0 Å². The molecule has 1 saturated carbocycles. The van der Waals surface area contributed by atoms with Gasteiger partial charge in [0.1, 0.15) is 0 Å². The summed E-state index contributed by atoms with van der Waals surface area (Å²) in [6.45, 7) is 0.371. The molecule has 0 aliphatic heterocycles. The highest BCUT2D eigenvalue weighted by molar-refractivity contribution is 7.94. The Balaban J connectivity index is 1.90. The predicted molar refractivity (Wildman–Crippen MR) is 79.1 cm³/mol. The largest absolute Gasteiger partial charge is 0.393 e. The van der Waals surface area contributed by atoms with E-state index in [1.54, 1.807) is 18.2 Å². The Labute approximate surface area is 124 Å². The van der Waals surface area contributed by atoms with Crippen LogP contribution in [0, 0.1) is 5.92 Å². The Kier molecular flexibility index (Phi) is 5.14. The first-order valence-electron chi connectivity index (χ1n) is 6.93. The zero-order chi connectivity index (χ0) is 15.3. The quantitative estimate of drug-likeness (QED) is 0.802. The van der Waals surface area contributed by atoms with Gasteiger partial charge < -0.3 is 10.4 Å². The van der Waals surface area contributed by atoms with Gasteiger partial charge >= 0.3 is 0 Å². The number of nitrogens with one attached hydrogen (secondary N) is 1. The van der Waals surface area contributed by atoms with Crippen molar-refractivity contribution in [3.63, 3.8) is 0 Å². The molecule has 2 unspecified atom stereocenters. The normalized spacial score (nSPS) is 22.5. The maximum atomic E-state index is 11.9. The topological polar surface area (TPSA) is 83.5 Å². The Morgan fingerprint density at radius 1 is 1.29 bits per heavy atom. The first-order chi connectivity index (χ1) is 9.99. The Morgan fingerprint density at radius 2 is 2.00 bits per heavy atom. The molecule has 0 bridgehead atoms. The lowest BCUT2D eigenvalue weighted by Crippen LogP contribution is -2.31. The summed E-state index contributed by atoms with van der Waals surface area (Å²) in [7, 11) is -3.59. The van der Waals surface area contributed by atoms with Gasteiger partial charge in [-0.2, -0.15) is 0 Å². The van der Waals surface area contributed by atoms with Gasteiger partial charge in [-0.1, -0.05) is 24.6 Å². The number of amides is 1. The van der Waals surface area contributed by atoms with Crippen molar-refractivity contribution in [2.24, 2.45) is 5.92 Å². The second-order valence-electron chi connectivity index (χ2n) is 5.16. The number of sulfone groups is 1. The van der Waals surface area contributed by atoms with Gasteiger partial charge in [0, 0.05) is 23.9 Å². The molecule has 1 aromatic carbocycles. The Bertz CT molecular complexity index is 610. The standard InChI is InChI=1S/C15H19NO4S/c17-14-8-4-5-12(14)11-16-15(18)9-10-21(19,20)13-6-2-1-3-7-13/h1-3,6-7,9-10,12,14,17H,4-5,8,11H2,(H,16,18). The highest BCUT2D eigenvalue weighted by Crippen LogP contribution is 2.24. The van der Waals surface area contributed by atoms with Crippen LogP contribution in [0.2, 0.25) is 0 Å². The van der Waals surface area contributed by atoms with Crippen LogP contribution in [0.4, 0.5) is 0 Å². The van der Waals surface area contributed by atoms with Crippen molar-refractivity contribution >= 4 is 15.7 Å². The van der Waals surface area contributed by atoms with Crippen LogP contribution < -0.4 is 5.32 Å². The highest BCUT2D eigenvalue weighted by atomic mass is 32.2. The molecule has 1 fully saturated rings. The summed E-state index contributed by atoms with van der Waals surface area (Å²) in [6.07, 6.45) is 3.25. The zero-order valence-corrected chi connectivity index (χ0v) is 12.4. The van der Waals surface area contributed by atoms with E-state index in [1.807, 2.05) is 0 Å². The molecule has 2 rings (SSSR count). The van der Waals surface area contributed by atoms with Crippen molar-refractivity contribution in [2.75, 3.05) is 6.54 Å². The molecule has 0 spiro atoms. The van der Waals surface area contributed by atoms with Crippen molar-refractivity contribution in [3.8, 4) is 0 Å². The van der Waals surface area contributed by atoms with Gasteiger partial charge in [0.2, 0.25) is 5.91 Å². The first-order valence-corrected chi connectivity index (χ1v) is 8.48. The summed E-state index contributed by atoms with van der Waals surface area (Å²) in [5, 5.41) is 13.2. The fraction of sp³-hybridized carbons (Fsp3) is 0.400. The molecule has 1 aliphatic carbocycles. The molecule has 0 radical (unpaired) electrons. The average Bonchev–Trinajstić information content (AvgIpc) is 2.89. The van der Waals surface area contributed by atoms with E-state index in [0.717, 1.165) is 30.7 Å². The van der Waals surface area contributed by atoms with Crippen molar-refractivity contribution < 1.29 is 18.3 Å². The lowest BCUT2D eigenvalue weighted by Gasteiger charge is -2.13. The minimum atomic E-state index is -3.59. The molecule has 6 heteroatoms. The number of hydrogen-bond acceptors (Lipinski definition) is 4. The Hall–Kier alpha value is -1.66. The van der Waals surface area contributed by atoms with Crippen LogP contribution in [0.5, 0.6) is 0 Å². The molecule has 1 aromatic rings. The number of carbonyl (C=O) groups excluding carboxylic acids is 1. The van der Waals surface area contributed by atoms with Crippen LogP contribution in [0.1, 0.15) is 19.3 Å². The first kappa shape index (κ1) is 15.7. The number of carbonyl (C=O) groups is 1. The zero-order valence-electron chi connectivity index (χ0n) is 11.6. The Morgan fingerprint density at radius 3 is 2.62 bits per heavy atom. The van der Waals surface area contributed by atoms with Crippen LogP contribution in [0.25, 0.3) is 0 Å². The van der Waals surface area contributed by atoms with Gasteiger partial charge in [0.25, 0.3) is 0 Å². The molecule has 114 valence electrons. The third-order valence-corrected chi connectivity index (χ3v) is 5.05. The van der Waals surface area contributed by atoms with Crippen LogP contribution >= 0.6 is 0 Å². The van der Waals surface area contributed by atoms with Crippen molar-refractivity contribution in [1.82, 2.24) is 5.32 Å². The van der Waals surface area contributed by atoms with Gasteiger partial charge in [0.05, 0.1) is 11.0 Å². The molecule has 1 aliphatic rings. The number of rotatable bonds is 5. The van der Waals surface area contributed by atoms with E-state index in [9.17, 15) is 18.3 Å². The lowest BCUT2D eigenvalue weighted by atomic mass is 10.1. The van der Waals surface area contributed by atoms with Gasteiger partial charge in [-0.15, -0.1) is 0 Å².